The van der Waals surface area contributed by atoms with E-state index in [-0.39, 0.29) is 11.3 Å². The highest BCUT2D eigenvalue weighted by Crippen LogP contribution is 2.24. The number of rotatable bonds is 3. The van der Waals surface area contributed by atoms with Gasteiger partial charge in [0.25, 0.3) is 0 Å². The molecule has 0 aliphatic rings. The Hall–Kier alpha value is -2.43. The van der Waals surface area contributed by atoms with Crippen LogP contribution in [0.25, 0.3) is 0 Å². The summed E-state index contributed by atoms with van der Waals surface area (Å²) in [5, 5.41) is 11.9. The minimum atomic E-state index is -1.11. The third-order valence-corrected chi connectivity index (χ3v) is 2.67. The number of nitrogens with zero attached hydrogens (tertiary/aromatic N) is 1. The molecule has 19 heavy (non-hydrogen) atoms. The maximum Gasteiger partial charge on any atom is 0.339 e. The molecule has 1 aromatic carbocycles. The van der Waals surface area contributed by atoms with Gasteiger partial charge in [0.1, 0.15) is 11.4 Å². The first-order valence-corrected chi connectivity index (χ1v) is 5.70. The lowest BCUT2D eigenvalue weighted by Gasteiger charge is -2.11. The van der Waals surface area contributed by atoms with Crippen LogP contribution >= 0.6 is 0 Å². The molecule has 0 saturated carbocycles. The summed E-state index contributed by atoms with van der Waals surface area (Å²) in [5.41, 5.74) is 2.01. The zero-order valence-electron chi connectivity index (χ0n) is 10.6. The first-order valence-electron chi connectivity index (χ1n) is 5.70. The van der Waals surface area contributed by atoms with Crippen molar-refractivity contribution in [3.05, 3.63) is 53.1 Å². The molecule has 2 N–H and O–H groups in total. The Morgan fingerprint density at radius 2 is 2.00 bits per heavy atom. The standard InChI is InChI=1S/C14H13FN2O2/c1-8-3-4-12(11(15)5-8)17-13-6-9(2)16-7-10(13)14(18)19/h3-7H,1-2H3,(H,16,17)(H,18,19). The highest BCUT2D eigenvalue weighted by molar-refractivity contribution is 5.94. The van der Waals surface area contributed by atoms with E-state index in [9.17, 15) is 9.18 Å². The van der Waals surface area contributed by atoms with Crippen molar-refractivity contribution in [1.29, 1.82) is 0 Å². The molecule has 0 fully saturated rings. The number of halogens is 1. The zero-order valence-corrected chi connectivity index (χ0v) is 10.6. The summed E-state index contributed by atoms with van der Waals surface area (Å²) in [6.07, 6.45) is 1.26. The number of nitrogens with one attached hydrogen (secondary N) is 1. The first-order chi connectivity index (χ1) is 8.97. The van der Waals surface area contributed by atoms with Gasteiger partial charge in [-0.3, -0.25) is 4.98 Å². The smallest absolute Gasteiger partial charge is 0.339 e. The van der Waals surface area contributed by atoms with Gasteiger partial charge in [0, 0.05) is 11.9 Å². The Morgan fingerprint density at radius 1 is 1.26 bits per heavy atom. The van der Waals surface area contributed by atoms with Crippen LogP contribution in [0, 0.1) is 19.7 Å². The Morgan fingerprint density at radius 3 is 2.63 bits per heavy atom. The predicted octanol–water partition coefficient (Wildman–Crippen LogP) is 3.28. The molecule has 0 atom stereocenters. The molecule has 5 heteroatoms. The van der Waals surface area contributed by atoms with Crippen LogP contribution in [0.1, 0.15) is 21.6 Å². The molecular weight excluding hydrogens is 247 g/mol. The Balaban J connectivity index is 2.42. The minimum Gasteiger partial charge on any atom is -0.478 e. The molecule has 4 nitrogen and oxygen atoms in total. The second kappa shape index (κ2) is 5.06. The average Bonchev–Trinajstić information content (AvgIpc) is 2.32. The summed E-state index contributed by atoms with van der Waals surface area (Å²) in [7, 11) is 0. The van der Waals surface area contributed by atoms with Crippen molar-refractivity contribution in [2.24, 2.45) is 0 Å². The van der Waals surface area contributed by atoms with Gasteiger partial charge in [0.15, 0.2) is 0 Å². The van der Waals surface area contributed by atoms with Gasteiger partial charge in [-0.1, -0.05) is 6.07 Å². The number of carboxylic acid groups (broad SMARTS) is 1. The lowest BCUT2D eigenvalue weighted by Crippen LogP contribution is -2.05. The number of anilines is 2. The highest BCUT2D eigenvalue weighted by atomic mass is 19.1. The first kappa shape index (κ1) is 13.0. The van der Waals surface area contributed by atoms with E-state index in [1.807, 2.05) is 0 Å². The maximum absolute atomic E-state index is 13.7. The maximum atomic E-state index is 13.7. The molecule has 0 amide bonds. The summed E-state index contributed by atoms with van der Waals surface area (Å²) in [6, 6.07) is 6.28. The lowest BCUT2D eigenvalue weighted by atomic mass is 10.1. The quantitative estimate of drug-likeness (QED) is 0.889. The van der Waals surface area contributed by atoms with Gasteiger partial charge in [-0.05, 0) is 37.6 Å². The SMILES string of the molecule is Cc1ccc(Nc2cc(C)ncc2C(=O)O)c(F)c1. The monoisotopic (exact) mass is 260 g/mol. The molecule has 0 unspecified atom stereocenters. The number of aryl methyl sites for hydroxylation is 2. The molecule has 0 saturated heterocycles. The molecule has 1 heterocycles. The third kappa shape index (κ3) is 2.88. The molecule has 0 aliphatic carbocycles. The average molecular weight is 260 g/mol. The van der Waals surface area contributed by atoms with Crippen molar-refractivity contribution in [2.45, 2.75) is 13.8 Å². The molecule has 2 aromatic rings. The fraction of sp³-hybridized carbons (Fsp3) is 0.143. The van der Waals surface area contributed by atoms with Gasteiger partial charge >= 0.3 is 5.97 Å². The van der Waals surface area contributed by atoms with Gasteiger partial charge in [-0.25, -0.2) is 9.18 Å². The summed E-state index contributed by atoms with van der Waals surface area (Å²) < 4.78 is 13.7. The minimum absolute atomic E-state index is 0.00516. The summed E-state index contributed by atoms with van der Waals surface area (Å²) in [5.74, 6) is -1.53. The summed E-state index contributed by atoms with van der Waals surface area (Å²) in [6.45, 7) is 3.52. The Labute approximate surface area is 109 Å². The van der Waals surface area contributed by atoms with Crippen LogP contribution < -0.4 is 5.32 Å². The molecule has 0 aliphatic heterocycles. The molecular formula is C14H13FN2O2. The van der Waals surface area contributed by atoms with Crippen LogP contribution in [0.15, 0.2) is 30.5 Å². The van der Waals surface area contributed by atoms with Crippen LogP contribution in [0.5, 0.6) is 0 Å². The number of carbonyl (C=O) groups is 1. The van der Waals surface area contributed by atoms with E-state index in [2.05, 4.69) is 10.3 Å². The van der Waals surface area contributed by atoms with E-state index < -0.39 is 11.8 Å². The van der Waals surface area contributed by atoms with Gasteiger partial charge in [-0.15, -0.1) is 0 Å². The van der Waals surface area contributed by atoms with E-state index >= 15 is 0 Å². The van der Waals surface area contributed by atoms with Gasteiger partial charge in [0.2, 0.25) is 0 Å². The molecule has 0 bridgehead atoms. The number of hydrogen-bond acceptors (Lipinski definition) is 3. The normalized spacial score (nSPS) is 10.3. The van der Waals surface area contributed by atoms with Crippen molar-refractivity contribution in [3.8, 4) is 0 Å². The van der Waals surface area contributed by atoms with Gasteiger partial charge < -0.3 is 10.4 Å². The topological polar surface area (TPSA) is 62.2 Å². The Kier molecular flexibility index (Phi) is 3.46. The number of hydrogen-bond donors (Lipinski definition) is 2. The Bertz CT molecular complexity index is 641. The molecule has 0 spiro atoms. The van der Waals surface area contributed by atoms with Crippen LogP contribution in [0.3, 0.4) is 0 Å². The van der Waals surface area contributed by atoms with E-state index in [1.165, 1.54) is 12.3 Å². The van der Waals surface area contributed by atoms with Crippen LogP contribution in [0.2, 0.25) is 0 Å². The number of carboxylic acids is 1. The number of benzene rings is 1. The second-order valence-corrected chi connectivity index (χ2v) is 4.28. The van der Waals surface area contributed by atoms with Crippen LogP contribution in [-0.4, -0.2) is 16.1 Å². The largest absolute Gasteiger partial charge is 0.478 e. The fourth-order valence-corrected chi connectivity index (χ4v) is 1.70. The highest BCUT2D eigenvalue weighted by Gasteiger charge is 2.12. The van der Waals surface area contributed by atoms with Crippen molar-refractivity contribution in [3.63, 3.8) is 0 Å². The fourth-order valence-electron chi connectivity index (χ4n) is 1.70. The summed E-state index contributed by atoms with van der Waals surface area (Å²) in [4.78, 5) is 15.0. The molecule has 1 aromatic heterocycles. The van der Waals surface area contributed by atoms with Crippen molar-refractivity contribution in [2.75, 3.05) is 5.32 Å². The van der Waals surface area contributed by atoms with Gasteiger partial charge in [-0.2, -0.15) is 0 Å². The van der Waals surface area contributed by atoms with E-state index in [1.54, 1.807) is 32.0 Å². The van der Waals surface area contributed by atoms with E-state index in [4.69, 9.17) is 5.11 Å². The van der Waals surface area contributed by atoms with Crippen molar-refractivity contribution < 1.29 is 14.3 Å². The van der Waals surface area contributed by atoms with Crippen LogP contribution in [-0.2, 0) is 0 Å². The van der Waals surface area contributed by atoms with Crippen molar-refractivity contribution >= 4 is 17.3 Å². The molecule has 0 radical (unpaired) electrons. The molecule has 98 valence electrons. The molecule has 2 rings (SSSR count). The van der Waals surface area contributed by atoms with E-state index in [0.29, 0.717) is 11.4 Å². The predicted molar refractivity (Wildman–Crippen MR) is 70.4 cm³/mol. The number of aromatic nitrogens is 1. The summed E-state index contributed by atoms with van der Waals surface area (Å²) >= 11 is 0. The number of aromatic carboxylic acids is 1. The van der Waals surface area contributed by atoms with Gasteiger partial charge in [0.05, 0.1) is 11.4 Å². The van der Waals surface area contributed by atoms with Crippen molar-refractivity contribution in [1.82, 2.24) is 4.98 Å². The zero-order chi connectivity index (χ0) is 14.0. The van der Waals surface area contributed by atoms with Crippen LogP contribution in [0.4, 0.5) is 15.8 Å². The lowest BCUT2D eigenvalue weighted by molar-refractivity contribution is 0.0697. The number of pyridine rings is 1. The second-order valence-electron chi connectivity index (χ2n) is 4.28. The van der Waals surface area contributed by atoms with E-state index in [0.717, 1.165) is 5.56 Å². The third-order valence-electron chi connectivity index (χ3n) is 2.67.